The van der Waals surface area contributed by atoms with Gasteiger partial charge in [-0.05, 0) is 67.8 Å². The number of hydroxylamine groups is 2. The summed E-state index contributed by atoms with van der Waals surface area (Å²) in [4.78, 5) is 32.3. The number of rotatable bonds is 2. The van der Waals surface area contributed by atoms with Crippen LogP contribution in [-0.4, -0.2) is 49.0 Å². The highest BCUT2D eigenvalue weighted by Gasteiger charge is 2.61. The smallest absolute Gasteiger partial charge is 0.249 e. The molecule has 5 heteroatoms. The van der Waals surface area contributed by atoms with Crippen LogP contribution >= 0.6 is 0 Å². The van der Waals surface area contributed by atoms with Crippen LogP contribution in [0.2, 0.25) is 0 Å². The van der Waals surface area contributed by atoms with E-state index in [1.807, 2.05) is 11.9 Å². The lowest BCUT2D eigenvalue weighted by atomic mass is 9.47. The Kier molecular flexibility index (Phi) is 4.45. The first-order chi connectivity index (χ1) is 12.7. The van der Waals surface area contributed by atoms with Crippen LogP contribution in [-0.2, 0) is 14.4 Å². The van der Waals surface area contributed by atoms with Gasteiger partial charge in [-0.15, -0.1) is 0 Å². The molecule has 0 aromatic heterocycles. The third-order valence-corrected chi connectivity index (χ3v) is 9.01. The zero-order chi connectivity index (χ0) is 19.6. The molecule has 4 aliphatic rings. The molecule has 0 aromatic rings. The minimum Gasteiger partial charge on any atom is -0.338 e. The molecule has 3 saturated carbocycles. The van der Waals surface area contributed by atoms with Crippen LogP contribution in [0.15, 0.2) is 12.2 Å². The van der Waals surface area contributed by atoms with Gasteiger partial charge in [0.1, 0.15) is 0 Å². The molecule has 3 aliphatic carbocycles. The van der Waals surface area contributed by atoms with E-state index >= 15 is 0 Å². The summed E-state index contributed by atoms with van der Waals surface area (Å²) in [7, 11) is 5.27. The number of carbonyl (C=O) groups excluding carboxylic acids is 2. The van der Waals surface area contributed by atoms with Gasteiger partial charge in [-0.1, -0.05) is 19.9 Å². The summed E-state index contributed by atoms with van der Waals surface area (Å²) in [5.74, 6) is 2.22. The lowest BCUT2D eigenvalue weighted by molar-refractivity contribution is -0.180. The number of likely N-dealkylation sites (N-methyl/N-ethyl adjacent to an activating group) is 1. The zero-order valence-electron chi connectivity index (χ0n) is 17.4. The summed E-state index contributed by atoms with van der Waals surface area (Å²) in [5, 5.41) is 1.42. The number of hydrogen-bond donors (Lipinski definition) is 0. The Labute approximate surface area is 163 Å². The quantitative estimate of drug-likeness (QED) is 0.697. The highest BCUT2D eigenvalue weighted by Crippen LogP contribution is 2.65. The molecule has 2 unspecified atom stereocenters. The second-order valence-electron chi connectivity index (χ2n) is 9.81. The Morgan fingerprint density at radius 1 is 1.19 bits per heavy atom. The largest absolute Gasteiger partial charge is 0.338 e. The summed E-state index contributed by atoms with van der Waals surface area (Å²) in [5.41, 5.74) is 0.145. The first-order valence-electron chi connectivity index (χ1n) is 10.5. The molecule has 27 heavy (non-hydrogen) atoms. The third-order valence-electron chi connectivity index (χ3n) is 9.01. The maximum Gasteiger partial charge on any atom is 0.249 e. The maximum atomic E-state index is 12.9. The Balaban J connectivity index is 1.62. The summed E-state index contributed by atoms with van der Waals surface area (Å²) in [6.07, 6.45) is 10.6. The lowest BCUT2D eigenvalue weighted by Crippen LogP contribution is -2.59. The minimum absolute atomic E-state index is 0.0678. The highest BCUT2D eigenvalue weighted by molar-refractivity contribution is 5.89. The number of carbonyl (C=O) groups is 2. The molecular formula is C22H34N2O3. The number of amides is 2. The Hall–Kier alpha value is -1.36. The molecule has 0 radical (unpaired) electrons. The van der Waals surface area contributed by atoms with Gasteiger partial charge in [-0.25, -0.2) is 5.06 Å². The van der Waals surface area contributed by atoms with Gasteiger partial charge in [0.05, 0.1) is 7.11 Å². The van der Waals surface area contributed by atoms with E-state index in [1.54, 1.807) is 20.2 Å². The van der Waals surface area contributed by atoms with Crippen molar-refractivity contribution in [3.63, 3.8) is 0 Å². The SMILES string of the molecule is CON(C)C(=O)[C@H]1CC[C@H]2C3CC[C@H]4N(C)C(=O)C=C[C@]4(C)C3CC[C@]12C. The molecule has 0 aromatic carbocycles. The second-order valence-corrected chi connectivity index (χ2v) is 9.81. The van der Waals surface area contributed by atoms with Crippen molar-refractivity contribution in [2.45, 2.75) is 58.4 Å². The van der Waals surface area contributed by atoms with E-state index < -0.39 is 0 Å². The minimum atomic E-state index is 0.0678. The van der Waals surface area contributed by atoms with Crippen LogP contribution < -0.4 is 0 Å². The average molecular weight is 375 g/mol. The highest BCUT2D eigenvalue weighted by atomic mass is 16.7. The normalized spacial score (nSPS) is 45.9. The predicted octanol–water partition coefficient (Wildman–Crippen LogP) is 3.26. The molecule has 1 heterocycles. The molecule has 0 saturated heterocycles. The standard InChI is InChI=1S/C22H34N2O3/c1-21-12-10-16-14(15(21)7-8-17(21)20(26)24(4)27-5)6-9-18-22(16,2)13-11-19(25)23(18)3/h11,13-18H,6-10,12H2,1-5H3/t14?,15-,16?,17+,18+,21-,22+/m0/s1. The summed E-state index contributed by atoms with van der Waals surface area (Å²) in [6, 6.07) is 0.319. The zero-order valence-corrected chi connectivity index (χ0v) is 17.4. The summed E-state index contributed by atoms with van der Waals surface area (Å²) < 4.78 is 0. The van der Waals surface area contributed by atoms with Gasteiger partial charge in [0.2, 0.25) is 11.8 Å². The van der Waals surface area contributed by atoms with E-state index in [0.29, 0.717) is 23.8 Å². The van der Waals surface area contributed by atoms with Gasteiger partial charge in [-0.2, -0.15) is 0 Å². The van der Waals surface area contributed by atoms with E-state index in [2.05, 4.69) is 19.9 Å². The van der Waals surface area contributed by atoms with E-state index in [0.717, 1.165) is 32.1 Å². The molecule has 0 N–H and O–H groups in total. The van der Waals surface area contributed by atoms with Crippen LogP contribution in [0.25, 0.3) is 0 Å². The third kappa shape index (κ3) is 2.53. The predicted molar refractivity (Wildman–Crippen MR) is 103 cm³/mol. The summed E-state index contributed by atoms with van der Waals surface area (Å²) >= 11 is 0. The molecule has 3 fully saturated rings. The Morgan fingerprint density at radius 2 is 1.93 bits per heavy atom. The van der Waals surface area contributed by atoms with Gasteiger partial charge in [-0.3, -0.25) is 14.4 Å². The van der Waals surface area contributed by atoms with Crippen LogP contribution in [0.1, 0.15) is 52.4 Å². The van der Waals surface area contributed by atoms with Crippen molar-refractivity contribution in [3.8, 4) is 0 Å². The van der Waals surface area contributed by atoms with E-state index in [9.17, 15) is 9.59 Å². The van der Waals surface area contributed by atoms with Gasteiger partial charge >= 0.3 is 0 Å². The number of fused-ring (bicyclic) bond motifs is 5. The van der Waals surface area contributed by atoms with Crippen molar-refractivity contribution < 1.29 is 14.4 Å². The summed E-state index contributed by atoms with van der Waals surface area (Å²) in [6.45, 7) is 4.72. The molecule has 0 spiro atoms. The van der Waals surface area contributed by atoms with Crippen LogP contribution in [0.4, 0.5) is 0 Å². The van der Waals surface area contributed by atoms with Crippen LogP contribution in [0.3, 0.4) is 0 Å². The fourth-order valence-corrected chi connectivity index (χ4v) is 7.45. The van der Waals surface area contributed by atoms with E-state index in [1.165, 1.54) is 11.5 Å². The molecule has 150 valence electrons. The van der Waals surface area contributed by atoms with Gasteiger partial charge in [0.25, 0.3) is 0 Å². The van der Waals surface area contributed by atoms with Crippen molar-refractivity contribution in [2.75, 3.05) is 21.2 Å². The average Bonchev–Trinajstić information content (AvgIpc) is 3.01. The molecule has 2 amide bonds. The first kappa shape index (κ1) is 19.0. The van der Waals surface area contributed by atoms with E-state index in [-0.39, 0.29) is 28.6 Å². The number of hydrogen-bond acceptors (Lipinski definition) is 3. The molecule has 7 atom stereocenters. The van der Waals surface area contributed by atoms with E-state index in [4.69, 9.17) is 4.84 Å². The van der Waals surface area contributed by atoms with Crippen LogP contribution in [0, 0.1) is 34.5 Å². The van der Waals surface area contributed by atoms with Crippen molar-refractivity contribution in [1.82, 2.24) is 9.96 Å². The molecule has 1 aliphatic heterocycles. The maximum absolute atomic E-state index is 12.9. The van der Waals surface area contributed by atoms with Crippen LogP contribution in [0.5, 0.6) is 0 Å². The van der Waals surface area contributed by atoms with Crippen molar-refractivity contribution in [3.05, 3.63) is 12.2 Å². The lowest BCUT2D eigenvalue weighted by Gasteiger charge is -2.60. The Morgan fingerprint density at radius 3 is 2.63 bits per heavy atom. The molecule has 0 bridgehead atoms. The second kappa shape index (κ2) is 6.33. The molecule has 5 nitrogen and oxygen atoms in total. The Bertz CT molecular complexity index is 676. The van der Waals surface area contributed by atoms with Gasteiger partial charge < -0.3 is 4.90 Å². The van der Waals surface area contributed by atoms with Crippen molar-refractivity contribution in [1.29, 1.82) is 0 Å². The van der Waals surface area contributed by atoms with Gasteiger partial charge in [0, 0.05) is 31.5 Å². The monoisotopic (exact) mass is 374 g/mol. The van der Waals surface area contributed by atoms with Crippen molar-refractivity contribution in [2.24, 2.45) is 34.5 Å². The fraction of sp³-hybridized carbons (Fsp3) is 0.818. The molecular weight excluding hydrogens is 340 g/mol. The van der Waals surface area contributed by atoms with Crippen molar-refractivity contribution >= 4 is 11.8 Å². The number of nitrogens with zero attached hydrogens (tertiary/aromatic N) is 2. The molecule has 4 rings (SSSR count). The fourth-order valence-electron chi connectivity index (χ4n) is 7.45. The first-order valence-corrected chi connectivity index (χ1v) is 10.5. The topological polar surface area (TPSA) is 49.9 Å². The van der Waals surface area contributed by atoms with Gasteiger partial charge in [0.15, 0.2) is 0 Å².